The van der Waals surface area contributed by atoms with E-state index in [1.807, 2.05) is 6.07 Å². The standard InChI is InChI=1S/C17H26O2/c1-14-9-10-16(19-4)15(12-14)8-6-5-7-11-17(2,3)13-18/h6,8-10,12,18H,5,7,11,13H2,1-4H3/b8-6+. The van der Waals surface area contributed by atoms with E-state index >= 15 is 0 Å². The zero-order chi connectivity index (χ0) is 14.3. The van der Waals surface area contributed by atoms with Crippen molar-refractivity contribution >= 4 is 6.08 Å². The average molecular weight is 262 g/mol. The second-order valence-corrected chi connectivity index (χ2v) is 5.86. The molecule has 2 heteroatoms. The lowest BCUT2D eigenvalue weighted by Gasteiger charge is -2.20. The summed E-state index contributed by atoms with van der Waals surface area (Å²) in [5.41, 5.74) is 2.40. The van der Waals surface area contributed by atoms with Crippen LogP contribution in [0.4, 0.5) is 0 Å². The summed E-state index contributed by atoms with van der Waals surface area (Å²) in [5, 5.41) is 9.19. The first-order valence-corrected chi connectivity index (χ1v) is 6.90. The first-order valence-electron chi connectivity index (χ1n) is 6.90. The Labute approximate surface area is 117 Å². The largest absolute Gasteiger partial charge is 0.496 e. The van der Waals surface area contributed by atoms with Crippen LogP contribution in [0.5, 0.6) is 5.75 Å². The van der Waals surface area contributed by atoms with Crippen molar-refractivity contribution < 1.29 is 9.84 Å². The number of rotatable bonds is 7. The molecule has 0 saturated carbocycles. The van der Waals surface area contributed by atoms with Gasteiger partial charge in [-0.1, -0.05) is 37.6 Å². The highest BCUT2D eigenvalue weighted by atomic mass is 16.5. The maximum absolute atomic E-state index is 9.19. The lowest BCUT2D eigenvalue weighted by molar-refractivity contribution is 0.148. The third-order valence-electron chi connectivity index (χ3n) is 3.33. The highest BCUT2D eigenvalue weighted by molar-refractivity contribution is 5.58. The van der Waals surface area contributed by atoms with E-state index in [1.165, 1.54) is 5.56 Å². The Morgan fingerprint density at radius 3 is 2.68 bits per heavy atom. The number of benzene rings is 1. The van der Waals surface area contributed by atoms with Crippen LogP contribution >= 0.6 is 0 Å². The summed E-state index contributed by atoms with van der Waals surface area (Å²) in [5.74, 6) is 0.914. The summed E-state index contributed by atoms with van der Waals surface area (Å²) in [4.78, 5) is 0. The van der Waals surface area contributed by atoms with Crippen molar-refractivity contribution in [1.29, 1.82) is 0 Å². The number of hydrogen-bond acceptors (Lipinski definition) is 2. The first-order chi connectivity index (χ1) is 8.98. The number of aliphatic hydroxyl groups excluding tert-OH is 1. The van der Waals surface area contributed by atoms with Gasteiger partial charge in [-0.3, -0.25) is 0 Å². The molecule has 0 aliphatic rings. The molecule has 106 valence electrons. The maximum Gasteiger partial charge on any atom is 0.126 e. The molecule has 0 spiro atoms. The summed E-state index contributed by atoms with van der Waals surface area (Å²) >= 11 is 0. The van der Waals surface area contributed by atoms with Crippen molar-refractivity contribution in [2.24, 2.45) is 5.41 Å². The molecule has 1 aromatic rings. The molecule has 0 aliphatic heterocycles. The molecule has 0 radical (unpaired) electrons. The number of aliphatic hydroxyl groups is 1. The topological polar surface area (TPSA) is 29.5 Å². The average Bonchev–Trinajstić information content (AvgIpc) is 2.38. The number of unbranched alkanes of at least 4 members (excludes halogenated alkanes) is 1. The van der Waals surface area contributed by atoms with E-state index in [0.29, 0.717) is 0 Å². The Morgan fingerprint density at radius 2 is 2.05 bits per heavy atom. The summed E-state index contributed by atoms with van der Waals surface area (Å²) in [6, 6.07) is 6.19. The van der Waals surface area contributed by atoms with E-state index < -0.39 is 0 Å². The summed E-state index contributed by atoms with van der Waals surface area (Å²) in [7, 11) is 1.70. The van der Waals surface area contributed by atoms with E-state index in [4.69, 9.17) is 4.74 Å². The number of methoxy groups -OCH3 is 1. The predicted molar refractivity (Wildman–Crippen MR) is 81.5 cm³/mol. The van der Waals surface area contributed by atoms with Gasteiger partial charge in [-0.25, -0.2) is 0 Å². The molecule has 1 N–H and O–H groups in total. The maximum atomic E-state index is 9.19. The van der Waals surface area contributed by atoms with E-state index in [1.54, 1.807) is 7.11 Å². The molecule has 0 fully saturated rings. The molecule has 0 aliphatic carbocycles. The molecule has 0 heterocycles. The molecule has 0 unspecified atom stereocenters. The molecule has 0 atom stereocenters. The molecular weight excluding hydrogens is 236 g/mol. The van der Waals surface area contributed by atoms with Gasteiger partial charge in [-0.05, 0) is 43.7 Å². The third-order valence-corrected chi connectivity index (χ3v) is 3.33. The van der Waals surface area contributed by atoms with Gasteiger partial charge >= 0.3 is 0 Å². The second kappa shape index (κ2) is 7.34. The Balaban J connectivity index is 2.51. The van der Waals surface area contributed by atoms with E-state index in [9.17, 15) is 5.11 Å². The minimum Gasteiger partial charge on any atom is -0.496 e. The van der Waals surface area contributed by atoms with E-state index in [0.717, 1.165) is 30.6 Å². The van der Waals surface area contributed by atoms with Gasteiger partial charge in [-0.2, -0.15) is 0 Å². The van der Waals surface area contributed by atoms with Crippen LogP contribution in [0.15, 0.2) is 24.3 Å². The van der Waals surface area contributed by atoms with Crippen molar-refractivity contribution in [2.75, 3.05) is 13.7 Å². The lowest BCUT2D eigenvalue weighted by atomic mass is 9.88. The molecule has 1 aromatic carbocycles. The monoisotopic (exact) mass is 262 g/mol. The number of aryl methyl sites for hydroxylation is 1. The Morgan fingerprint density at radius 1 is 1.32 bits per heavy atom. The molecule has 0 amide bonds. The van der Waals surface area contributed by atoms with Gasteiger partial charge in [0.25, 0.3) is 0 Å². The normalized spacial score (nSPS) is 12.1. The highest BCUT2D eigenvalue weighted by Gasteiger charge is 2.14. The third kappa shape index (κ3) is 5.48. The zero-order valence-corrected chi connectivity index (χ0v) is 12.6. The van der Waals surface area contributed by atoms with Crippen LogP contribution in [0.25, 0.3) is 6.08 Å². The fourth-order valence-electron chi connectivity index (χ4n) is 1.97. The fourth-order valence-corrected chi connectivity index (χ4v) is 1.97. The number of hydrogen-bond donors (Lipinski definition) is 1. The van der Waals surface area contributed by atoms with Gasteiger partial charge in [0.2, 0.25) is 0 Å². The summed E-state index contributed by atoms with van der Waals surface area (Å²) < 4.78 is 5.34. The van der Waals surface area contributed by atoms with Crippen molar-refractivity contribution in [3.05, 3.63) is 35.4 Å². The Bertz CT molecular complexity index is 419. The van der Waals surface area contributed by atoms with Crippen LogP contribution in [0.2, 0.25) is 0 Å². The highest BCUT2D eigenvalue weighted by Crippen LogP contribution is 2.24. The second-order valence-electron chi connectivity index (χ2n) is 5.86. The fraction of sp³-hybridized carbons (Fsp3) is 0.529. The van der Waals surface area contributed by atoms with Crippen LogP contribution in [0, 0.1) is 12.3 Å². The summed E-state index contributed by atoms with van der Waals surface area (Å²) in [6.45, 7) is 6.53. The van der Waals surface area contributed by atoms with Crippen LogP contribution < -0.4 is 4.74 Å². The van der Waals surface area contributed by atoms with Gasteiger partial charge in [0.15, 0.2) is 0 Å². The molecule has 0 bridgehead atoms. The first kappa shape index (κ1) is 15.8. The van der Waals surface area contributed by atoms with E-state index in [-0.39, 0.29) is 12.0 Å². The van der Waals surface area contributed by atoms with Gasteiger partial charge in [0, 0.05) is 12.2 Å². The van der Waals surface area contributed by atoms with Crippen molar-refractivity contribution in [3.63, 3.8) is 0 Å². The van der Waals surface area contributed by atoms with Crippen molar-refractivity contribution in [2.45, 2.75) is 40.0 Å². The molecule has 0 saturated heterocycles. The summed E-state index contributed by atoms with van der Waals surface area (Å²) in [6.07, 6.45) is 7.47. The minimum absolute atomic E-state index is 0.0366. The van der Waals surface area contributed by atoms with Gasteiger partial charge < -0.3 is 9.84 Å². The van der Waals surface area contributed by atoms with Crippen LogP contribution in [0.3, 0.4) is 0 Å². The minimum atomic E-state index is 0.0366. The Kier molecular flexibility index (Phi) is 6.10. The molecule has 19 heavy (non-hydrogen) atoms. The predicted octanol–water partition coefficient (Wildman–Crippen LogP) is 4.21. The van der Waals surface area contributed by atoms with Gasteiger partial charge in [-0.15, -0.1) is 0 Å². The number of allylic oxidation sites excluding steroid dienone is 1. The Hall–Kier alpha value is -1.28. The quantitative estimate of drug-likeness (QED) is 0.746. The lowest BCUT2D eigenvalue weighted by Crippen LogP contribution is -2.15. The molecule has 0 aromatic heterocycles. The molecule has 2 nitrogen and oxygen atoms in total. The van der Waals surface area contributed by atoms with E-state index in [2.05, 4.69) is 45.1 Å². The van der Waals surface area contributed by atoms with Gasteiger partial charge in [0.05, 0.1) is 7.11 Å². The van der Waals surface area contributed by atoms with Crippen LogP contribution in [0.1, 0.15) is 44.2 Å². The SMILES string of the molecule is COc1ccc(C)cc1/C=C/CCCC(C)(C)CO. The van der Waals surface area contributed by atoms with Gasteiger partial charge in [0.1, 0.15) is 5.75 Å². The smallest absolute Gasteiger partial charge is 0.126 e. The zero-order valence-electron chi connectivity index (χ0n) is 12.6. The van der Waals surface area contributed by atoms with Crippen LogP contribution in [-0.2, 0) is 0 Å². The molecular formula is C17H26O2. The van der Waals surface area contributed by atoms with Crippen LogP contribution in [-0.4, -0.2) is 18.8 Å². The number of ether oxygens (including phenoxy) is 1. The molecule has 1 rings (SSSR count). The van der Waals surface area contributed by atoms with Crippen molar-refractivity contribution in [1.82, 2.24) is 0 Å². The van der Waals surface area contributed by atoms with Crippen molar-refractivity contribution in [3.8, 4) is 5.75 Å².